The van der Waals surface area contributed by atoms with Gasteiger partial charge in [0.1, 0.15) is 0 Å². The quantitative estimate of drug-likeness (QED) is 0.395. The average molecular weight is 447 g/mol. The van der Waals surface area contributed by atoms with E-state index in [4.69, 9.17) is 0 Å². The maximum atomic E-state index is 12.4. The zero-order valence-electron chi connectivity index (χ0n) is 18.1. The molecule has 2 N–H and O–H groups in total. The number of hydrogen-bond donors (Lipinski definition) is 2. The molecule has 0 saturated heterocycles. The zero-order valence-corrected chi connectivity index (χ0v) is 18.1. The van der Waals surface area contributed by atoms with Crippen LogP contribution < -0.4 is 10.6 Å². The summed E-state index contributed by atoms with van der Waals surface area (Å²) in [5, 5.41) is 5.27. The molecule has 0 bridgehead atoms. The minimum Gasteiger partial charge on any atom is -0.291 e. The van der Waals surface area contributed by atoms with E-state index in [1.807, 2.05) is 91.0 Å². The summed E-state index contributed by atoms with van der Waals surface area (Å²) in [5.41, 5.74) is 2.49. The molecule has 166 valence electrons. The SMILES string of the molecule is O=C(/C=C/c1ccccc1)Nc1nc(NC(=O)/C=C/c2ccccc2)nc(-c2ccccc2)n1. The molecule has 0 spiro atoms. The highest BCUT2D eigenvalue weighted by Crippen LogP contribution is 2.18. The molecule has 0 aliphatic heterocycles. The first-order valence-electron chi connectivity index (χ1n) is 10.6. The fourth-order valence-electron chi connectivity index (χ4n) is 2.98. The van der Waals surface area contributed by atoms with E-state index in [2.05, 4.69) is 25.6 Å². The molecule has 7 heteroatoms. The number of hydrogen-bond acceptors (Lipinski definition) is 5. The van der Waals surface area contributed by atoms with Crippen molar-refractivity contribution in [3.63, 3.8) is 0 Å². The Morgan fingerprint density at radius 1 is 0.559 bits per heavy atom. The summed E-state index contributed by atoms with van der Waals surface area (Å²) in [6, 6.07) is 28.1. The van der Waals surface area contributed by atoms with Gasteiger partial charge in [0.25, 0.3) is 11.8 Å². The second-order valence-electron chi connectivity index (χ2n) is 7.14. The molecule has 3 aromatic carbocycles. The van der Waals surface area contributed by atoms with Crippen molar-refractivity contribution in [3.8, 4) is 11.4 Å². The lowest BCUT2D eigenvalue weighted by atomic mass is 10.2. The van der Waals surface area contributed by atoms with Crippen molar-refractivity contribution in [1.82, 2.24) is 15.0 Å². The number of carbonyl (C=O) groups is 2. The highest BCUT2D eigenvalue weighted by molar-refractivity contribution is 6.02. The van der Waals surface area contributed by atoms with Gasteiger partial charge in [0, 0.05) is 17.7 Å². The highest BCUT2D eigenvalue weighted by Gasteiger charge is 2.11. The minimum atomic E-state index is -0.407. The topological polar surface area (TPSA) is 96.9 Å². The molecule has 4 aromatic rings. The van der Waals surface area contributed by atoms with E-state index in [0.29, 0.717) is 5.82 Å². The van der Waals surface area contributed by atoms with Crippen molar-refractivity contribution in [2.75, 3.05) is 10.6 Å². The molecule has 0 radical (unpaired) electrons. The van der Waals surface area contributed by atoms with Gasteiger partial charge in [0.05, 0.1) is 0 Å². The molecule has 34 heavy (non-hydrogen) atoms. The maximum absolute atomic E-state index is 12.4. The number of amides is 2. The fraction of sp³-hybridized carbons (Fsp3) is 0. The number of carbonyl (C=O) groups excluding carboxylic acids is 2. The molecule has 7 nitrogen and oxygen atoms in total. The lowest BCUT2D eigenvalue weighted by molar-refractivity contribution is -0.112. The summed E-state index contributed by atoms with van der Waals surface area (Å²) in [4.78, 5) is 37.7. The first-order chi connectivity index (χ1) is 16.7. The number of anilines is 2. The molecule has 2 amide bonds. The van der Waals surface area contributed by atoms with Crippen molar-refractivity contribution in [2.45, 2.75) is 0 Å². The van der Waals surface area contributed by atoms with Crippen molar-refractivity contribution in [1.29, 1.82) is 0 Å². The van der Waals surface area contributed by atoms with Crippen molar-refractivity contribution < 1.29 is 9.59 Å². The Morgan fingerprint density at radius 3 is 1.41 bits per heavy atom. The standard InChI is InChI=1S/C27H21N5O2/c33-23(18-16-20-10-4-1-5-11-20)28-26-30-25(22-14-8-3-9-15-22)31-27(32-26)29-24(34)19-17-21-12-6-2-7-13-21/h1-19H,(H2,28,29,30,31,32,33,34)/b18-16+,19-17+. The lowest BCUT2D eigenvalue weighted by Gasteiger charge is -2.08. The summed E-state index contributed by atoms with van der Waals surface area (Å²) >= 11 is 0. The smallest absolute Gasteiger partial charge is 0.250 e. The molecule has 1 aromatic heterocycles. The Labute approximate surface area is 196 Å². The third-order valence-corrected chi connectivity index (χ3v) is 4.59. The van der Waals surface area contributed by atoms with Crippen LogP contribution in [0.1, 0.15) is 11.1 Å². The van der Waals surface area contributed by atoms with Gasteiger partial charge < -0.3 is 0 Å². The molecular weight excluding hydrogens is 426 g/mol. The van der Waals surface area contributed by atoms with Gasteiger partial charge in [-0.25, -0.2) is 0 Å². The Bertz CT molecular complexity index is 1240. The highest BCUT2D eigenvalue weighted by atomic mass is 16.2. The lowest BCUT2D eigenvalue weighted by Crippen LogP contribution is -2.16. The Kier molecular flexibility index (Phi) is 7.28. The van der Waals surface area contributed by atoms with Gasteiger partial charge in [-0.15, -0.1) is 0 Å². The number of aromatic nitrogens is 3. The van der Waals surface area contributed by atoms with Gasteiger partial charge >= 0.3 is 0 Å². The summed E-state index contributed by atoms with van der Waals surface area (Å²) in [5.74, 6) is -0.441. The maximum Gasteiger partial charge on any atom is 0.250 e. The number of rotatable bonds is 7. The molecule has 0 atom stereocenters. The largest absolute Gasteiger partial charge is 0.291 e. The monoisotopic (exact) mass is 447 g/mol. The van der Waals surface area contributed by atoms with Crippen LogP contribution in [0, 0.1) is 0 Å². The second-order valence-corrected chi connectivity index (χ2v) is 7.14. The van der Waals surface area contributed by atoms with Crippen molar-refractivity contribution >= 4 is 35.9 Å². The van der Waals surface area contributed by atoms with Crippen LogP contribution in [-0.2, 0) is 9.59 Å². The van der Waals surface area contributed by atoms with E-state index < -0.39 is 11.8 Å². The first-order valence-corrected chi connectivity index (χ1v) is 10.6. The third-order valence-electron chi connectivity index (χ3n) is 4.59. The summed E-state index contributed by atoms with van der Waals surface area (Å²) < 4.78 is 0. The van der Waals surface area contributed by atoms with Gasteiger partial charge in [-0.1, -0.05) is 91.0 Å². The Balaban J connectivity index is 1.54. The van der Waals surface area contributed by atoms with Crippen molar-refractivity contribution in [3.05, 3.63) is 114 Å². The second kappa shape index (κ2) is 11.1. The van der Waals surface area contributed by atoms with Crippen LogP contribution in [0.4, 0.5) is 11.9 Å². The predicted molar refractivity (Wildman–Crippen MR) is 133 cm³/mol. The van der Waals surface area contributed by atoms with Gasteiger partial charge in [-0.2, -0.15) is 15.0 Å². The molecule has 1 heterocycles. The number of nitrogens with one attached hydrogen (secondary N) is 2. The Hall–Kier alpha value is -4.91. The Morgan fingerprint density at radius 2 is 0.971 bits per heavy atom. The van der Waals surface area contributed by atoms with Crippen LogP contribution in [0.25, 0.3) is 23.5 Å². The molecule has 4 rings (SSSR count). The number of nitrogens with zero attached hydrogens (tertiary/aromatic N) is 3. The van der Waals surface area contributed by atoms with E-state index in [1.165, 1.54) is 12.2 Å². The number of benzene rings is 3. The van der Waals surface area contributed by atoms with Crippen LogP contribution in [0.5, 0.6) is 0 Å². The molecule has 0 aliphatic carbocycles. The van der Waals surface area contributed by atoms with Gasteiger partial charge in [0.2, 0.25) is 11.9 Å². The van der Waals surface area contributed by atoms with E-state index in [1.54, 1.807) is 12.2 Å². The molecule has 0 aliphatic rings. The fourth-order valence-corrected chi connectivity index (χ4v) is 2.98. The van der Waals surface area contributed by atoms with Crippen LogP contribution >= 0.6 is 0 Å². The van der Waals surface area contributed by atoms with E-state index in [-0.39, 0.29) is 11.9 Å². The predicted octanol–water partition coefficient (Wildman–Crippen LogP) is 4.84. The van der Waals surface area contributed by atoms with Crippen LogP contribution in [-0.4, -0.2) is 26.8 Å². The van der Waals surface area contributed by atoms with Crippen LogP contribution in [0.2, 0.25) is 0 Å². The molecule has 0 unspecified atom stereocenters. The van der Waals surface area contributed by atoms with Gasteiger partial charge in [-0.05, 0) is 23.3 Å². The van der Waals surface area contributed by atoms with Gasteiger partial charge in [0.15, 0.2) is 5.82 Å². The van der Waals surface area contributed by atoms with Crippen molar-refractivity contribution in [2.24, 2.45) is 0 Å². The first kappa shape index (κ1) is 22.3. The van der Waals surface area contributed by atoms with Crippen LogP contribution in [0.3, 0.4) is 0 Å². The summed E-state index contributed by atoms with van der Waals surface area (Å²) in [7, 11) is 0. The minimum absolute atomic E-state index is 0.0268. The normalized spacial score (nSPS) is 10.9. The molecule has 0 saturated carbocycles. The molecule has 0 fully saturated rings. The van der Waals surface area contributed by atoms with Gasteiger partial charge in [-0.3, -0.25) is 20.2 Å². The van der Waals surface area contributed by atoms with Crippen LogP contribution in [0.15, 0.2) is 103 Å². The van der Waals surface area contributed by atoms with E-state index in [9.17, 15) is 9.59 Å². The summed E-state index contributed by atoms with van der Waals surface area (Å²) in [6.45, 7) is 0. The molecular formula is C27H21N5O2. The third kappa shape index (κ3) is 6.54. The van der Waals surface area contributed by atoms with E-state index >= 15 is 0 Å². The zero-order chi connectivity index (χ0) is 23.6. The average Bonchev–Trinajstić information content (AvgIpc) is 2.88. The summed E-state index contributed by atoms with van der Waals surface area (Å²) in [6.07, 6.45) is 6.15. The van der Waals surface area contributed by atoms with E-state index in [0.717, 1.165) is 16.7 Å².